The summed E-state index contributed by atoms with van der Waals surface area (Å²) in [7, 11) is 0. The molecule has 0 aliphatic carbocycles. The van der Waals surface area contributed by atoms with Crippen LogP contribution in [0.25, 0.3) is 0 Å². The molecule has 0 aliphatic heterocycles. The quantitative estimate of drug-likeness (QED) is 0.293. The molecule has 0 amide bonds. The number of esters is 4. The van der Waals surface area contributed by atoms with Gasteiger partial charge in [-0.15, -0.1) is 0 Å². The van der Waals surface area contributed by atoms with Gasteiger partial charge in [0.2, 0.25) is 0 Å². The lowest BCUT2D eigenvalue weighted by Gasteiger charge is -2.19. The van der Waals surface area contributed by atoms with E-state index in [1.165, 1.54) is 12.1 Å². The van der Waals surface area contributed by atoms with Crippen molar-refractivity contribution < 1.29 is 38.1 Å². The number of carbonyl (C=O) groups is 4. The molecule has 1 rings (SSSR count). The summed E-state index contributed by atoms with van der Waals surface area (Å²) in [4.78, 5) is 49.0. The summed E-state index contributed by atoms with van der Waals surface area (Å²) in [5.41, 5.74) is 6.63. The second-order valence-corrected chi connectivity index (χ2v) is 9.24. The molecule has 0 saturated carbocycles. The van der Waals surface area contributed by atoms with Crippen LogP contribution in [0, 0.1) is 17.8 Å². The number of hydrogen-bond acceptors (Lipinski definition) is 9. The van der Waals surface area contributed by atoms with Gasteiger partial charge in [-0.2, -0.15) is 0 Å². The highest BCUT2D eigenvalue weighted by Gasteiger charge is 2.23. The van der Waals surface area contributed by atoms with Crippen molar-refractivity contribution in [2.24, 2.45) is 23.5 Å². The Morgan fingerprint density at radius 2 is 1.25 bits per heavy atom. The highest BCUT2D eigenvalue weighted by molar-refractivity contribution is 5.79. The van der Waals surface area contributed by atoms with Gasteiger partial charge < -0.3 is 24.7 Å². The molecule has 9 heteroatoms. The SMILES string of the molecule is CCC(C)C(=O)OC[C@H](C)OC(=O)[C@@H](N)Cc1ccc(OC(=O)C(C)CC)c(OC(=O)C(C)CC)c1. The maximum absolute atomic E-state index is 12.5. The summed E-state index contributed by atoms with van der Waals surface area (Å²) in [5, 5.41) is 0. The third-order valence-electron chi connectivity index (χ3n) is 6.01. The first kappa shape index (κ1) is 31.1. The zero-order valence-corrected chi connectivity index (χ0v) is 22.5. The molecule has 3 unspecified atom stereocenters. The van der Waals surface area contributed by atoms with Crippen molar-refractivity contribution in [3.05, 3.63) is 23.8 Å². The summed E-state index contributed by atoms with van der Waals surface area (Å²) < 4.78 is 21.5. The first-order valence-corrected chi connectivity index (χ1v) is 12.6. The van der Waals surface area contributed by atoms with Crippen LogP contribution >= 0.6 is 0 Å². The molecule has 0 spiro atoms. The van der Waals surface area contributed by atoms with E-state index >= 15 is 0 Å². The Morgan fingerprint density at radius 1 is 0.750 bits per heavy atom. The average molecular weight is 508 g/mol. The molecule has 1 aromatic carbocycles. The molecule has 1 aromatic rings. The van der Waals surface area contributed by atoms with Gasteiger partial charge in [0.1, 0.15) is 18.8 Å². The summed E-state index contributed by atoms with van der Waals surface area (Å²) in [5.74, 6) is -2.60. The molecule has 5 atom stereocenters. The molecule has 0 saturated heterocycles. The van der Waals surface area contributed by atoms with Crippen LogP contribution in [0.1, 0.15) is 73.3 Å². The van der Waals surface area contributed by atoms with Gasteiger partial charge >= 0.3 is 23.9 Å². The van der Waals surface area contributed by atoms with E-state index in [2.05, 4.69) is 0 Å². The molecule has 0 bridgehead atoms. The van der Waals surface area contributed by atoms with Crippen molar-refractivity contribution in [3.8, 4) is 11.5 Å². The lowest BCUT2D eigenvalue weighted by molar-refractivity contribution is -0.160. The molecule has 0 fully saturated rings. The maximum atomic E-state index is 12.5. The number of nitrogens with two attached hydrogens (primary N) is 1. The summed E-state index contributed by atoms with van der Waals surface area (Å²) >= 11 is 0. The van der Waals surface area contributed by atoms with Gasteiger partial charge in [0.15, 0.2) is 11.5 Å². The Morgan fingerprint density at radius 3 is 1.78 bits per heavy atom. The van der Waals surface area contributed by atoms with E-state index in [0.717, 1.165) is 0 Å². The number of benzene rings is 1. The first-order chi connectivity index (χ1) is 16.9. The zero-order chi connectivity index (χ0) is 27.4. The highest BCUT2D eigenvalue weighted by Crippen LogP contribution is 2.31. The van der Waals surface area contributed by atoms with E-state index in [-0.39, 0.29) is 48.2 Å². The minimum Gasteiger partial charge on any atom is -0.462 e. The molecule has 2 N–H and O–H groups in total. The second-order valence-electron chi connectivity index (χ2n) is 9.24. The minimum atomic E-state index is -1.01. The number of ether oxygens (including phenoxy) is 4. The Bertz CT molecular complexity index is 900. The second kappa shape index (κ2) is 15.2. The van der Waals surface area contributed by atoms with Gasteiger partial charge in [-0.25, -0.2) is 0 Å². The normalized spacial score (nSPS) is 15.1. The van der Waals surface area contributed by atoms with Crippen LogP contribution in [-0.2, 0) is 35.1 Å². The lowest BCUT2D eigenvalue weighted by atomic mass is 10.1. The van der Waals surface area contributed by atoms with E-state index in [0.29, 0.717) is 24.8 Å². The number of carbonyl (C=O) groups excluding carboxylic acids is 4. The Balaban J connectivity index is 2.91. The topological polar surface area (TPSA) is 131 Å². The van der Waals surface area contributed by atoms with E-state index in [9.17, 15) is 19.2 Å². The summed E-state index contributed by atoms with van der Waals surface area (Å²) in [6, 6.07) is 3.68. The Hall–Kier alpha value is -2.94. The largest absolute Gasteiger partial charge is 0.462 e. The Labute approximate surface area is 214 Å². The fraction of sp³-hybridized carbons (Fsp3) is 0.630. The van der Waals surface area contributed by atoms with Gasteiger partial charge in [-0.05, 0) is 50.3 Å². The monoisotopic (exact) mass is 507 g/mol. The van der Waals surface area contributed by atoms with E-state index in [4.69, 9.17) is 24.7 Å². The average Bonchev–Trinajstić information content (AvgIpc) is 2.86. The van der Waals surface area contributed by atoms with E-state index in [1.807, 2.05) is 20.8 Å². The van der Waals surface area contributed by atoms with Gasteiger partial charge in [0.05, 0.1) is 17.8 Å². The van der Waals surface area contributed by atoms with Crippen molar-refractivity contribution >= 4 is 23.9 Å². The van der Waals surface area contributed by atoms with Crippen LogP contribution in [0.4, 0.5) is 0 Å². The predicted molar refractivity (Wildman–Crippen MR) is 134 cm³/mol. The lowest BCUT2D eigenvalue weighted by Crippen LogP contribution is -2.37. The summed E-state index contributed by atoms with van der Waals surface area (Å²) in [6.45, 7) is 12.4. The Kier molecular flexibility index (Phi) is 13.2. The van der Waals surface area contributed by atoms with Crippen molar-refractivity contribution in [3.63, 3.8) is 0 Å². The molecule has 0 radical (unpaired) electrons. The van der Waals surface area contributed by atoms with Crippen molar-refractivity contribution in [1.29, 1.82) is 0 Å². The van der Waals surface area contributed by atoms with Gasteiger partial charge in [0, 0.05) is 0 Å². The number of hydrogen-bond donors (Lipinski definition) is 1. The standard InChI is InChI=1S/C27H41NO8/c1-8-16(4)24(29)33-15-19(7)34-27(32)21(28)13-20-11-12-22(35-25(30)17(5)9-2)23(14-20)36-26(31)18(6)10-3/h11-12,14,16-19,21H,8-10,13,15,28H2,1-7H3/t16?,17?,18?,19-,21-/m0/s1. The zero-order valence-electron chi connectivity index (χ0n) is 22.5. The molecule has 202 valence electrons. The molecular weight excluding hydrogens is 466 g/mol. The van der Waals surface area contributed by atoms with Crippen LogP contribution in [0.15, 0.2) is 18.2 Å². The molecule has 0 heterocycles. The van der Waals surface area contributed by atoms with Crippen molar-refractivity contribution in [2.75, 3.05) is 6.61 Å². The molecule has 0 aliphatic rings. The number of rotatable bonds is 14. The van der Waals surface area contributed by atoms with Crippen molar-refractivity contribution in [2.45, 2.75) is 86.3 Å². The third-order valence-corrected chi connectivity index (χ3v) is 6.01. The highest BCUT2D eigenvalue weighted by atomic mass is 16.6. The summed E-state index contributed by atoms with van der Waals surface area (Å²) in [6.07, 6.45) is 1.27. The molecule has 0 aromatic heterocycles. The van der Waals surface area contributed by atoms with Gasteiger partial charge in [0.25, 0.3) is 0 Å². The van der Waals surface area contributed by atoms with Crippen LogP contribution in [-0.4, -0.2) is 42.6 Å². The van der Waals surface area contributed by atoms with E-state index in [1.54, 1.807) is 33.8 Å². The van der Waals surface area contributed by atoms with Crippen LogP contribution < -0.4 is 15.2 Å². The predicted octanol–water partition coefficient (Wildman–Crippen LogP) is 3.98. The van der Waals surface area contributed by atoms with Crippen LogP contribution in [0.2, 0.25) is 0 Å². The van der Waals surface area contributed by atoms with Crippen LogP contribution in [0.5, 0.6) is 11.5 Å². The van der Waals surface area contributed by atoms with Crippen molar-refractivity contribution in [1.82, 2.24) is 0 Å². The minimum absolute atomic E-state index is 0.0619. The molecule has 9 nitrogen and oxygen atoms in total. The van der Waals surface area contributed by atoms with E-state index < -0.39 is 30.1 Å². The fourth-order valence-electron chi connectivity index (χ4n) is 2.76. The first-order valence-electron chi connectivity index (χ1n) is 12.6. The molecular formula is C27H41NO8. The van der Waals surface area contributed by atoms with Crippen LogP contribution in [0.3, 0.4) is 0 Å². The van der Waals surface area contributed by atoms with Gasteiger partial charge in [-0.1, -0.05) is 47.6 Å². The smallest absolute Gasteiger partial charge is 0.323 e. The maximum Gasteiger partial charge on any atom is 0.323 e. The fourth-order valence-corrected chi connectivity index (χ4v) is 2.76. The third kappa shape index (κ3) is 9.97. The molecule has 36 heavy (non-hydrogen) atoms. The van der Waals surface area contributed by atoms with Gasteiger partial charge in [-0.3, -0.25) is 19.2 Å².